The molecule has 28 heavy (non-hydrogen) atoms. The summed E-state index contributed by atoms with van der Waals surface area (Å²) in [7, 11) is 1.30. The number of para-hydroxylation sites is 1. The summed E-state index contributed by atoms with van der Waals surface area (Å²) in [5, 5.41) is 13.1. The van der Waals surface area contributed by atoms with Gasteiger partial charge in [0, 0.05) is 12.1 Å². The number of nitrogens with zero attached hydrogens (tertiary/aromatic N) is 1. The van der Waals surface area contributed by atoms with E-state index < -0.39 is 35.8 Å². The van der Waals surface area contributed by atoms with Crippen LogP contribution in [0.1, 0.15) is 10.4 Å². The maximum atomic E-state index is 12.4. The van der Waals surface area contributed by atoms with Gasteiger partial charge in [0.05, 0.1) is 17.7 Å². The Hall–Kier alpha value is -3.76. The highest BCUT2D eigenvalue weighted by atomic mass is 19.3. The number of esters is 1. The molecule has 1 amide bonds. The number of nitro benzene ring substituents is 1. The van der Waals surface area contributed by atoms with Gasteiger partial charge in [-0.3, -0.25) is 14.9 Å². The highest BCUT2D eigenvalue weighted by Gasteiger charge is 2.19. The Labute approximate surface area is 157 Å². The minimum absolute atomic E-state index is 0.000757. The zero-order valence-corrected chi connectivity index (χ0v) is 14.4. The molecule has 0 radical (unpaired) electrons. The Kier molecular flexibility index (Phi) is 6.79. The van der Waals surface area contributed by atoms with Crippen LogP contribution in [0.4, 0.5) is 20.2 Å². The van der Waals surface area contributed by atoms with Gasteiger partial charge in [-0.2, -0.15) is 8.78 Å². The van der Waals surface area contributed by atoms with Gasteiger partial charge < -0.3 is 19.5 Å². The van der Waals surface area contributed by atoms with Gasteiger partial charge in [-0.05, 0) is 18.2 Å². The summed E-state index contributed by atoms with van der Waals surface area (Å²) >= 11 is 0. The van der Waals surface area contributed by atoms with Crippen molar-refractivity contribution in [1.82, 2.24) is 0 Å². The lowest BCUT2D eigenvalue weighted by Crippen LogP contribution is -2.21. The van der Waals surface area contributed by atoms with Crippen molar-refractivity contribution in [2.24, 2.45) is 0 Å². The van der Waals surface area contributed by atoms with Crippen LogP contribution in [0.3, 0.4) is 0 Å². The number of rotatable bonds is 8. The Bertz CT molecular complexity index is 890. The second-order valence-corrected chi connectivity index (χ2v) is 5.14. The lowest BCUT2D eigenvalue weighted by atomic mass is 10.2. The average molecular weight is 396 g/mol. The number of amides is 1. The van der Waals surface area contributed by atoms with Crippen molar-refractivity contribution < 1.29 is 37.5 Å². The lowest BCUT2D eigenvalue weighted by Gasteiger charge is -2.12. The van der Waals surface area contributed by atoms with Crippen LogP contribution in [0.5, 0.6) is 11.5 Å². The van der Waals surface area contributed by atoms with E-state index in [0.717, 1.165) is 12.1 Å². The molecule has 0 bridgehead atoms. The van der Waals surface area contributed by atoms with Gasteiger partial charge in [-0.15, -0.1) is 0 Å². The molecule has 0 saturated carbocycles. The third kappa shape index (κ3) is 5.37. The Morgan fingerprint density at radius 2 is 1.89 bits per heavy atom. The molecule has 0 aliphatic carbocycles. The van der Waals surface area contributed by atoms with Crippen molar-refractivity contribution in [2.75, 3.05) is 19.0 Å². The molecular weight excluding hydrogens is 382 g/mol. The number of nitrogens with one attached hydrogen (secondary N) is 1. The number of carbonyl (C=O) groups excluding carboxylic acids is 2. The van der Waals surface area contributed by atoms with Gasteiger partial charge in [0.25, 0.3) is 11.6 Å². The number of halogens is 2. The maximum Gasteiger partial charge on any atom is 0.387 e. The number of non-ortho nitro benzene ring substituents is 1. The molecule has 0 heterocycles. The summed E-state index contributed by atoms with van der Waals surface area (Å²) in [6.45, 7) is -3.91. The molecule has 0 aromatic heterocycles. The van der Waals surface area contributed by atoms with Crippen LogP contribution in [0, 0.1) is 10.1 Å². The van der Waals surface area contributed by atoms with E-state index in [9.17, 15) is 28.5 Å². The van der Waals surface area contributed by atoms with E-state index in [1.807, 2.05) is 0 Å². The second-order valence-electron chi connectivity index (χ2n) is 5.14. The fourth-order valence-electron chi connectivity index (χ4n) is 2.14. The summed E-state index contributed by atoms with van der Waals surface area (Å²) in [6, 6.07) is 8.69. The zero-order valence-electron chi connectivity index (χ0n) is 14.4. The van der Waals surface area contributed by atoms with Crippen LogP contribution in [-0.4, -0.2) is 37.1 Å². The monoisotopic (exact) mass is 396 g/mol. The van der Waals surface area contributed by atoms with Gasteiger partial charge >= 0.3 is 12.6 Å². The summed E-state index contributed by atoms with van der Waals surface area (Å²) < 4.78 is 38.8. The van der Waals surface area contributed by atoms with Gasteiger partial charge in [0.2, 0.25) is 0 Å². The molecule has 2 aromatic rings. The lowest BCUT2D eigenvalue weighted by molar-refractivity contribution is -0.384. The first-order valence-electron chi connectivity index (χ1n) is 7.65. The van der Waals surface area contributed by atoms with Crippen LogP contribution in [0.2, 0.25) is 0 Å². The highest BCUT2D eigenvalue weighted by molar-refractivity contribution is 5.97. The topological polar surface area (TPSA) is 117 Å². The normalized spacial score (nSPS) is 10.3. The van der Waals surface area contributed by atoms with E-state index in [1.54, 1.807) is 0 Å². The van der Waals surface area contributed by atoms with Gasteiger partial charge in [0.1, 0.15) is 17.1 Å². The Morgan fingerprint density at radius 3 is 2.54 bits per heavy atom. The quantitative estimate of drug-likeness (QED) is 0.414. The van der Waals surface area contributed by atoms with Crippen molar-refractivity contribution in [3.05, 3.63) is 58.1 Å². The molecule has 0 atom stereocenters. The van der Waals surface area contributed by atoms with Crippen LogP contribution in [0.25, 0.3) is 0 Å². The van der Waals surface area contributed by atoms with Crippen molar-refractivity contribution in [1.29, 1.82) is 0 Å². The van der Waals surface area contributed by atoms with Crippen molar-refractivity contribution >= 4 is 23.3 Å². The maximum absolute atomic E-state index is 12.4. The molecule has 2 aromatic carbocycles. The largest absolute Gasteiger partial charge is 0.495 e. The number of ether oxygens (including phenoxy) is 3. The minimum atomic E-state index is -3.14. The van der Waals surface area contributed by atoms with Crippen LogP contribution in [-0.2, 0) is 9.53 Å². The molecule has 0 spiro atoms. The molecule has 1 N–H and O–H groups in total. The predicted molar refractivity (Wildman–Crippen MR) is 91.6 cm³/mol. The summed E-state index contributed by atoms with van der Waals surface area (Å²) in [5.41, 5.74) is -0.575. The number of hydrogen-bond donors (Lipinski definition) is 1. The molecule has 0 unspecified atom stereocenters. The average Bonchev–Trinajstić information content (AvgIpc) is 2.66. The zero-order chi connectivity index (χ0) is 20.7. The number of alkyl halides is 2. The molecule has 0 fully saturated rings. The minimum Gasteiger partial charge on any atom is -0.495 e. The second kappa shape index (κ2) is 9.26. The van der Waals surface area contributed by atoms with Gasteiger partial charge in [0.15, 0.2) is 6.61 Å². The van der Waals surface area contributed by atoms with Crippen molar-refractivity contribution in [3.63, 3.8) is 0 Å². The smallest absolute Gasteiger partial charge is 0.387 e. The number of nitro groups is 1. The first kappa shape index (κ1) is 20.6. The fraction of sp³-hybridized carbons (Fsp3) is 0.176. The number of benzene rings is 2. The summed E-state index contributed by atoms with van der Waals surface area (Å²) in [4.78, 5) is 34.2. The molecule has 148 valence electrons. The molecule has 0 saturated heterocycles. The van der Waals surface area contributed by atoms with Crippen LogP contribution < -0.4 is 14.8 Å². The third-order valence-corrected chi connectivity index (χ3v) is 3.33. The van der Waals surface area contributed by atoms with E-state index >= 15 is 0 Å². The molecule has 9 nitrogen and oxygen atoms in total. The molecule has 2 rings (SSSR count). The van der Waals surface area contributed by atoms with E-state index in [-0.39, 0.29) is 22.7 Å². The van der Waals surface area contributed by atoms with Gasteiger partial charge in [-0.1, -0.05) is 12.1 Å². The molecule has 0 aliphatic rings. The molecular formula is C17H14F2N2O7. The predicted octanol–water partition coefficient (Wildman–Crippen LogP) is 3.00. The van der Waals surface area contributed by atoms with E-state index in [4.69, 9.17) is 9.47 Å². The first-order chi connectivity index (χ1) is 13.3. The van der Waals surface area contributed by atoms with E-state index in [1.165, 1.54) is 37.4 Å². The fourth-order valence-corrected chi connectivity index (χ4v) is 2.14. The standard InChI is InChI=1S/C17H14F2N2O7/c1-26-14-7-6-10(21(24)25)8-12(14)20-15(22)9-27-16(23)11-4-2-3-5-13(11)28-17(18)19/h2-8,17H,9H2,1H3,(H,20,22). The summed E-state index contributed by atoms with van der Waals surface area (Å²) in [5.74, 6) is -2.12. The molecule has 0 aliphatic heterocycles. The van der Waals surface area contributed by atoms with Gasteiger partial charge in [-0.25, -0.2) is 4.79 Å². The van der Waals surface area contributed by atoms with Crippen LogP contribution >= 0.6 is 0 Å². The van der Waals surface area contributed by atoms with Crippen molar-refractivity contribution in [2.45, 2.75) is 6.61 Å². The number of methoxy groups -OCH3 is 1. The van der Waals surface area contributed by atoms with E-state index in [2.05, 4.69) is 10.1 Å². The number of hydrogen-bond acceptors (Lipinski definition) is 7. The van der Waals surface area contributed by atoms with Crippen LogP contribution in [0.15, 0.2) is 42.5 Å². The first-order valence-corrected chi connectivity index (χ1v) is 7.65. The van der Waals surface area contributed by atoms with Crippen molar-refractivity contribution in [3.8, 4) is 11.5 Å². The number of carbonyl (C=O) groups is 2. The molecule has 11 heteroatoms. The number of anilines is 1. The highest BCUT2D eigenvalue weighted by Crippen LogP contribution is 2.28. The third-order valence-electron chi connectivity index (χ3n) is 3.33. The Morgan fingerprint density at radius 1 is 1.18 bits per heavy atom. The Balaban J connectivity index is 2.04. The summed E-state index contributed by atoms with van der Waals surface area (Å²) in [6.07, 6.45) is 0. The van der Waals surface area contributed by atoms with E-state index in [0.29, 0.717) is 0 Å². The SMILES string of the molecule is COc1ccc([N+](=O)[O-])cc1NC(=O)COC(=O)c1ccccc1OC(F)F.